The van der Waals surface area contributed by atoms with E-state index in [9.17, 15) is 13.2 Å². The molecule has 0 amide bonds. The number of hydrogen-bond acceptors (Lipinski definition) is 10. The van der Waals surface area contributed by atoms with Gasteiger partial charge in [0, 0.05) is 54.0 Å². The van der Waals surface area contributed by atoms with Crippen LogP contribution in [-0.2, 0) is 12.6 Å². The van der Waals surface area contributed by atoms with Gasteiger partial charge in [0.05, 0.1) is 22.2 Å². The average molecular weight is 813 g/mol. The zero-order valence-corrected chi connectivity index (χ0v) is 32.5. The highest BCUT2D eigenvalue weighted by Crippen LogP contribution is 2.45. The number of terminal acetylenes is 1. The summed E-state index contributed by atoms with van der Waals surface area (Å²) in [5.74, 6) is 2.37. The number of aromatic nitrogens is 5. The van der Waals surface area contributed by atoms with Crippen LogP contribution >= 0.6 is 11.8 Å². The molecule has 0 bridgehead atoms. The van der Waals surface area contributed by atoms with Crippen molar-refractivity contribution >= 4 is 39.3 Å². The first kappa shape index (κ1) is 38.6. The van der Waals surface area contributed by atoms with E-state index in [1.165, 1.54) is 17.8 Å². The molecule has 0 aliphatic carbocycles. The topological polar surface area (TPSA) is 92.2 Å². The number of alkyl halides is 3. The normalized spacial score (nSPS) is 23.3. The van der Waals surface area contributed by atoms with Gasteiger partial charge in [-0.3, -0.25) is 4.90 Å². The molecule has 58 heavy (non-hydrogen) atoms. The Kier molecular flexibility index (Phi) is 10.2. The molecule has 4 aliphatic heterocycles. The van der Waals surface area contributed by atoms with E-state index in [-0.39, 0.29) is 58.1 Å². The predicted octanol–water partition coefficient (Wildman–Crippen LogP) is 8.14. The first-order valence-electron chi connectivity index (χ1n) is 19.7. The van der Waals surface area contributed by atoms with Gasteiger partial charge in [0.15, 0.2) is 5.82 Å². The maximum absolute atomic E-state index is 17.4. The number of fused-ring (bicyclic) bond motifs is 4. The van der Waals surface area contributed by atoms with Crippen LogP contribution in [0.15, 0.2) is 60.4 Å². The minimum atomic E-state index is -4.54. The highest BCUT2D eigenvalue weighted by atomic mass is 32.2. The molecule has 9 nitrogen and oxygen atoms in total. The smallest absolute Gasteiger partial charge is 0.433 e. The van der Waals surface area contributed by atoms with E-state index in [0.29, 0.717) is 58.5 Å². The van der Waals surface area contributed by atoms with Crippen LogP contribution in [0.25, 0.3) is 32.9 Å². The van der Waals surface area contributed by atoms with Crippen LogP contribution in [0.1, 0.15) is 61.9 Å². The van der Waals surface area contributed by atoms with Crippen LogP contribution in [0.2, 0.25) is 0 Å². The van der Waals surface area contributed by atoms with Crippen LogP contribution in [0.5, 0.6) is 6.01 Å². The number of aryl methyl sites for hydroxylation is 1. The summed E-state index contributed by atoms with van der Waals surface area (Å²) in [7, 11) is 0. The molecule has 0 saturated carbocycles. The molecular formula is C43H41F5N8OS. The van der Waals surface area contributed by atoms with Gasteiger partial charge < -0.3 is 15.0 Å². The van der Waals surface area contributed by atoms with E-state index in [1.54, 1.807) is 18.2 Å². The van der Waals surface area contributed by atoms with Crippen molar-refractivity contribution in [2.24, 2.45) is 0 Å². The van der Waals surface area contributed by atoms with E-state index in [0.717, 1.165) is 63.9 Å². The molecule has 300 valence electrons. The van der Waals surface area contributed by atoms with Crippen molar-refractivity contribution in [1.82, 2.24) is 35.1 Å². The number of ether oxygens (including phenoxy) is 1. The first-order valence-corrected chi connectivity index (χ1v) is 20.7. The molecule has 3 saturated heterocycles. The highest BCUT2D eigenvalue weighted by molar-refractivity contribution is 7.99. The molecule has 4 atom stereocenters. The lowest BCUT2D eigenvalue weighted by molar-refractivity contribution is -0.141. The third-order valence-electron chi connectivity index (χ3n) is 12.3. The molecule has 4 aliphatic rings. The molecule has 15 heteroatoms. The van der Waals surface area contributed by atoms with Crippen molar-refractivity contribution in [3.8, 4) is 29.6 Å². The number of thioether (sulfide) groups is 1. The van der Waals surface area contributed by atoms with Crippen molar-refractivity contribution in [3.63, 3.8) is 0 Å². The van der Waals surface area contributed by atoms with Crippen LogP contribution < -0.4 is 15.0 Å². The summed E-state index contributed by atoms with van der Waals surface area (Å²) >= 11 is 1.29. The number of hydrogen-bond donors (Lipinski definition) is 1. The van der Waals surface area contributed by atoms with Gasteiger partial charge in [-0.2, -0.15) is 23.1 Å². The number of pyridine rings is 1. The standard InChI is InChI=1S/C43H41F5N8OS/c1-3-8-30-32-12-6-11-31-36-39(37(45)38(52-31)28-10-5-9-25-13-14-29(44)27(4-2)35(25)28)53-41(54-40(36)55(32)20-18-49-30)57-23-42-16-7-19-56(42)26(15-17-42)22-58-34-21-33(43(46,47)48)50-24-51-34/h2-3,5,9-10,13-14,21,24,26,30,32,49H,1,6-8,11-12,15-20,22-23H2/t26-,30-,32+,42-/m0/s1. The largest absolute Gasteiger partial charge is 0.461 e. The van der Waals surface area contributed by atoms with Gasteiger partial charge in [0.25, 0.3) is 0 Å². The molecule has 0 spiro atoms. The van der Waals surface area contributed by atoms with Crippen LogP contribution in [0, 0.1) is 24.0 Å². The van der Waals surface area contributed by atoms with Crippen molar-refractivity contribution in [3.05, 3.63) is 84.0 Å². The Morgan fingerprint density at radius 2 is 1.93 bits per heavy atom. The second-order valence-electron chi connectivity index (χ2n) is 15.5. The fourth-order valence-corrected chi connectivity index (χ4v) is 10.7. The molecule has 5 aromatic rings. The number of nitrogens with zero attached hydrogens (tertiary/aromatic N) is 7. The zero-order chi connectivity index (χ0) is 40.2. The lowest BCUT2D eigenvalue weighted by atomic mass is 9.91. The Morgan fingerprint density at radius 3 is 2.76 bits per heavy atom. The Bertz CT molecular complexity index is 2460. The Labute approximate surface area is 336 Å². The van der Waals surface area contributed by atoms with Gasteiger partial charge >= 0.3 is 12.2 Å². The Balaban J connectivity index is 1.09. The maximum atomic E-state index is 17.4. The number of nitrogens with one attached hydrogen (secondary N) is 1. The van der Waals surface area contributed by atoms with Crippen molar-refractivity contribution in [2.75, 3.05) is 36.9 Å². The predicted molar refractivity (Wildman–Crippen MR) is 214 cm³/mol. The summed E-state index contributed by atoms with van der Waals surface area (Å²) in [4.78, 5) is 27.0. The van der Waals surface area contributed by atoms with E-state index < -0.39 is 23.5 Å². The van der Waals surface area contributed by atoms with E-state index in [1.807, 2.05) is 12.1 Å². The van der Waals surface area contributed by atoms with Crippen LogP contribution in [0.4, 0.5) is 27.8 Å². The lowest BCUT2D eigenvalue weighted by Gasteiger charge is -2.44. The minimum absolute atomic E-state index is 0.0375. The summed E-state index contributed by atoms with van der Waals surface area (Å²) in [6.45, 7) is 6.40. The second kappa shape index (κ2) is 15.4. The number of anilines is 1. The molecule has 3 fully saturated rings. The summed E-state index contributed by atoms with van der Waals surface area (Å²) in [6.07, 6.45) is 10.5. The molecule has 1 N–H and O–H groups in total. The van der Waals surface area contributed by atoms with Crippen LogP contribution in [-0.4, -0.2) is 85.5 Å². The van der Waals surface area contributed by atoms with Crippen molar-refractivity contribution < 1.29 is 26.7 Å². The van der Waals surface area contributed by atoms with E-state index in [2.05, 4.69) is 37.6 Å². The van der Waals surface area contributed by atoms with Gasteiger partial charge in [-0.05, 0) is 69.4 Å². The van der Waals surface area contributed by atoms with Crippen molar-refractivity contribution in [1.29, 1.82) is 0 Å². The molecule has 0 unspecified atom stereocenters. The summed E-state index contributed by atoms with van der Waals surface area (Å²) in [6, 6.07) is 9.57. The number of benzene rings is 2. The molecule has 3 aromatic heterocycles. The molecule has 2 aromatic carbocycles. The number of piperazine rings is 1. The van der Waals surface area contributed by atoms with E-state index in [4.69, 9.17) is 26.1 Å². The monoisotopic (exact) mass is 812 g/mol. The highest BCUT2D eigenvalue weighted by Gasteiger charge is 2.50. The maximum Gasteiger partial charge on any atom is 0.433 e. The van der Waals surface area contributed by atoms with Crippen LogP contribution in [0.3, 0.4) is 0 Å². The van der Waals surface area contributed by atoms with Crippen molar-refractivity contribution in [2.45, 2.75) is 86.2 Å². The average Bonchev–Trinajstić information content (AvgIpc) is 3.79. The summed E-state index contributed by atoms with van der Waals surface area (Å²) in [5.41, 5.74) is -0.101. The quantitative estimate of drug-likeness (QED) is 0.0518. The second-order valence-corrected chi connectivity index (χ2v) is 16.6. The fraction of sp³-hybridized carbons (Fsp3) is 0.419. The summed E-state index contributed by atoms with van der Waals surface area (Å²) < 4.78 is 79.1. The number of rotatable bonds is 9. The Morgan fingerprint density at radius 1 is 1.05 bits per heavy atom. The van der Waals surface area contributed by atoms with Gasteiger partial charge in [-0.25, -0.2) is 23.7 Å². The van der Waals surface area contributed by atoms with Gasteiger partial charge in [-0.1, -0.05) is 36.3 Å². The minimum Gasteiger partial charge on any atom is -0.461 e. The third-order valence-corrected chi connectivity index (χ3v) is 13.4. The van der Waals surface area contributed by atoms with Gasteiger partial charge in [0.2, 0.25) is 0 Å². The first-order chi connectivity index (χ1) is 28.1. The SMILES string of the molecule is C#Cc1c(F)ccc2cccc(-c3nc4c5c(nc(OC[C@@]67CCCN6[C@H](CSc6cc(C(F)(F)F)ncn6)CC7)nc5c3F)N3CCN[C@@H](CC=C)[C@H]3CCC4)c12. The third kappa shape index (κ3) is 6.82. The molecule has 0 radical (unpaired) electrons. The van der Waals surface area contributed by atoms with Gasteiger partial charge in [0.1, 0.15) is 46.5 Å². The number of halogens is 5. The lowest BCUT2D eigenvalue weighted by Crippen LogP contribution is -2.58. The zero-order valence-electron chi connectivity index (χ0n) is 31.7. The molecule has 7 heterocycles. The van der Waals surface area contributed by atoms with E-state index >= 15 is 8.78 Å². The Hall–Kier alpha value is -4.91. The molecular weight excluding hydrogens is 772 g/mol. The summed E-state index contributed by atoms with van der Waals surface area (Å²) in [5, 5.41) is 5.53. The fourth-order valence-electron chi connectivity index (χ4n) is 9.68. The molecule has 9 rings (SSSR count). The van der Waals surface area contributed by atoms with Gasteiger partial charge in [-0.15, -0.1) is 24.8 Å².